The Morgan fingerprint density at radius 1 is 1.04 bits per heavy atom. The Morgan fingerprint density at radius 3 is 2.44 bits per heavy atom. The Kier molecular flexibility index (Phi) is 4.74. The van der Waals surface area contributed by atoms with Crippen LogP contribution >= 0.6 is 0 Å². The molecule has 3 rings (SSSR count). The fourth-order valence-corrected chi connectivity index (χ4v) is 2.79. The maximum atomic E-state index is 13.4. The van der Waals surface area contributed by atoms with E-state index in [0.717, 1.165) is 6.07 Å². The van der Waals surface area contributed by atoms with E-state index in [-0.39, 0.29) is 22.4 Å². The second-order valence-corrected chi connectivity index (χ2v) is 5.69. The quantitative estimate of drug-likeness (QED) is 0.732. The van der Waals surface area contributed by atoms with E-state index in [1.165, 1.54) is 31.4 Å². The molecule has 3 aromatic rings. The molecule has 27 heavy (non-hydrogen) atoms. The molecule has 136 valence electrons. The van der Waals surface area contributed by atoms with E-state index in [0.29, 0.717) is 11.3 Å². The van der Waals surface area contributed by atoms with Gasteiger partial charge in [-0.25, -0.2) is 0 Å². The molecule has 0 aliphatic carbocycles. The number of aromatic nitrogens is 1. The number of nitrogens with one attached hydrogen (secondary N) is 1. The number of rotatable bonds is 3. The van der Waals surface area contributed by atoms with Gasteiger partial charge in [-0.15, -0.1) is 0 Å². The number of hydrogen-bond acceptors (Lipinski definition) is 3. The summed E-state index contributed by atoms with van der Waals surface area (Å²) >= 11 is 0. The topological polar surface area (TPSA) is 65.9 Å². The monoisotopic (exact) mass is 370 g/mol. The number of nitrogens with zero attached hydrogens (tertiary/aromatic N) is 1. The van der Waals surface area contributed by atoms with Crippen molar-refractivity contribution in [1.29, 1.82) is 5.26 Å². The maximum absolute atomic E-state index is 13.4. The molecule has 0 amide bonds. The highest BCUT2D eigenvalue weighted by molar-refractivity contribution is 5.77. The van der Waals surface area contributed by atoms with Gasteiger partial charge in [0.25, 0.3) is 5.56 Å². The van der Waals surface area contributed by atoms with Crippen molar-refractivity contribution in [1.82, 2.24) is 4.98 Å². The van der Waals surface area contributed by atoms with Crippen LogP contribution in [0.4, 0.5) is 13.2 Å². The third-order valence-electron chi connectivity index (χ3n) is 4.05. The normalized spacial score (nSPS) is 11.1. The Bertz CT molecular complexity index is 1100. The van der Waals surface area contributed by atoms with Gasteiger partial charge in [-0.1, -0.05) is 30.3 Å². The molecule has 0 fully saturated rings. The van der Waals surface area contributed by atoms with Gasteiger partial charge in [0.1, 0.15) is 17.4 Å². The number of H-pyrrole nitrogens is 1. The first-order valence-corrected chi connectivity index (χ1v) is 7.83. The molecular formula is C20H13F3N2O2. The van der Waals surface area contributed by atoms with E-state index in [1.54, 1.807) is 30.3 Å². The molecule has 7 heteroatoms. The summed E-state index contributed by atoms with van der Waals surface area (Å²) in [5.74, 6) is 0.523. The number of halogens is 3. The van der Waals surface area contributed by atoms with Crippen molar-refractivity contribution in [2.45, 2.75) is 6.18 Å². The number of ether oxygens (including phenoxy) is 1. The first kappa shape index (κ1) is 18.3. The molecule has 0 saturated carbocycles. The minimum atomic E-state index is -4.62. The number of alkyl halides is 3. The molecule has 0 saturated heterocycles. The van der Waals surface area contributed by atoms with E-state index in [9.17, 15) is 23.2 Å². The zero-order valence-electron chi connectivity index (χ0n) is 14.1. The molecule has 4 nitrogen and oxygen atoms in total. The van der Waals surface area contributed by atoms with Gasteiger partial charge in [-0.05, 0) is 29.8 Å². The standard InChI is InChI=1S/C20H13F3N2O2/c1-27-13-6-4-5-12(9-13)18-10-15(16(11-24)19(26)25-18)14-7-2-3-8-17(14)20(21,22)23/h2-10H,1H3,(H,25,26). The van der Waals surface area contributed by atoms with E-state index in [4.69, 9.17) is 4.74 Å². The second-order valence-electron chi connectivity index (χ2n) is 5.69. The van der Waals surface area contributed by atoms with E-state index < -0.39 is 17.3 Å². The summed E-state index contributed by atoms with van der Waals surface area (Å²) in [5, 5.41) is 9.33. The van der Waals surface area contributed by atoms with Crippen LogP contribution in [0, 0.1) is 11.3 Å². The predicted octanol–water partition coefficient (Wildman–Crippen LogP) is 4.61. The second kappa shape index (κ2) is 7.00. The summed E-state index contributed by atoms with van der Waals surface area (Å²) in [6.45, 7) is 0. The van der Waals surface area contributed by atoms with Crippen LogP contribution in [0.5, 0.6) is 5.75 Å². The summed E-state index contributed by atoms with van der Waals surface area (Å²) in [7, 11) is 1.48. The molecule has 1 heterocycles. The molecule has 0 aliphatic heterocycles. The molecule has 0 atom stereocenters. The lowest BCUT2D eigenvalue weighted by molar-refractivity contribution is -0.137. The van der Waals surface area contributed by atoms with Gasteiger partial charge in [-0.3, -0.25) is 4.79 Å². The van der Waals surface area contributed by atoms with Crippen LogP contribution in [-0.4, -0.2) is 12.1 Å². The van der Waals surface area contributed by atoms with Crippen LogP contribution in [0.2, 0.25) is 0 Å². The van der Waals surface area contributed by atoms with Crippen molar-refractivity contribution >= 4 is 0 Å². The lowest BCUT2D eigenvalue weighted by atomic mass is 9.95. The predicted molar refractivity (Wildman–Crippen MR) is 94.2 cm³/mol. The molecular weight excluding hydrogens is 357 g/mol. The van der Waals surface area contributed by atoms with Gasteiger partial charge < -0.3 is 9.72 Å². The van der Waals surface area contributed by atoms with Crippen molar-refractivity contribution < 1.29 is 17.9 Å². The molecule has 1 N–H and O–H groups in total. The number of pyridine rings is 1. The van der Waals surface area contributed by atoms with Crippen LogP contribution < -0.4 is 10.3 Å². The van der Waals surface area contributed by atoms with Crippen molar-refractivity contribution in [3.05, 3.63) is 76.1 Å². The van der Waals surface area contributed by atoms with E-state index in [1.807, 2.05) is 0 Å². The zero-order chi connectivity index (χ0) is 19.6. The van der Waals surface area contributed by atoms with Gasteiger partial charge in [0, 0.05) is 16.8 Å². The fraction of sp³-hybridized carbons (Fsp3) is 0.100. The Balaban J connectivity index is 2.30. The largest absolute Gasteiger partial charge is 0.497 e. The van der Waals surface area contributed by atoms with Gasteiger partial charge in [0.15, 0.2) is 0 Å². The number of aromatic amines is 1. The van der Waals surface area contributed by atoms with Crippen LogP contribution in [0.1, 0.15) is 11.1 Å². The summed E-state index contributed by atoms with van der Waals surface area (Å²) in [6, 6.07) is 14.6. The fourth-order valence-electron chi connectivity index (χ4n) is 2.79. The summed E-state index contributed by atoms with van der Waals surface area (Å²) in [5.41, 5.74) is -1.53. The average molecular weight is 370 g/mol. The summed E-state index contributed by atoms with van der Waals surface area (Å²) in [4.78, 5) is 14.9. The maximum Gasteiger partial charge on any atom is 0.417 e. The number of nitriles is 1. The third-order valence-corrected chi connectivity index (χ3v) is 4.05. The van der Waals surface area contributed by atoms with Crippen molar-refractivity contribution in [3.63, 3.8) is 0 Å². The highest BCUT2D eigenvalue weighted by Gasteiger charge is 2.34. The average Bonchev–Trinajstić information content (AvgIpc) is 2.66. The molecule has 0 bridgehead atoms. The zero-order valence-corrected chi connectivity index (χ0v) is 14.1. The van der Waals surface area contributed by atoms with Gasteiger partial charge in [0.05, 0.1) is 12.7 Å². The number of methoxy groups -OCH3 is 1. The van der Waals surface area contributed by atoms with Gasteiger partial charge in [0.2, 0.25) is 0 Å². The van der Waals surface area contributed by atoms with Crippen LogP contribution in [-0.2, 0) is 6.18 Å². The van der Waals surface area contributed by atoms with Crippen LogP contribution in [0.15, 0.2) is 59.4 Å². The van der Waals surface area contributed by atoms with Gasteiger partial charge in [-0.2, -0.15) is 18.4 Å². The lowest BCUT2D eigenvalue weighted by Crippen LogP contribution is -2.14. The molecule has 0 aliphatic rings. The molecule has 2 aromatic carbocycles. The Morgan fingerprint density at radius 2 is 1.78 bits per heavy atom. The van der Waals surface area contributed by atoms with Crippen molar-refractivity contribution in [3.8, 4) is 34.2 Å². The highest BCUT2D eigenvalue weighted by Crippen LogP contribution is 2.38. The number of benzene rings is 2. The number of hydrogen-bond donors (Lipinski definition) is 1. The molecule has 0 radical (unpaired) electrons. The third kappa shape index (κ3) is 3.55. The summed E-state index contributed by atoms with van der Waals surface area (Å²) < 4.78 is 45.4. The molecule has 0 unspecified atom stereocenters. The van der Waals surface area contributed by atoms with Crippen molar-refractivity contribution in [2.75, 3.05) is 7.11 Å². The SMILES string of the molecule is COc1cccc(-c2cc(-c3ccccc3C(F)(F)F)c(C#N)c(=O)[nH]2)c1. The smallest absolute Gasteiger partial charge is 0.417 e. The summed E-state index contributed by atoms with van der Waals surface area (Å²) in [6.07, 6.45) is -4.62. The first-order chi connectivity index (χ1) is 12.8. The van der Waals surface area contributed by atoms with Crippen molar-refractivity contribution in [2.24, 2.45) is 0 Å². The van der Waals surface area contributed by atoms with Crippen LogP contribution in [0.25, 0.3) is 22.4 Å². The first-order valence-electron chi connectivity index (χ1n) is 7.83. The van der Waals surface area contributed by atoms with Gasteiger partial charge >= 0.3 is 6.18 Å². The van der Waals surface area contributed by atoms with Crippen LogP contribution in [0.3, 0.4) is 0 Å². The molecule has 0 spiro atoms. The van der Waals surface area contributed by atoms with E-state index >= 15 is 0 Å². The lowest BCUT2D eigenvalue weighted by Gasteiger charge is -2.14. The van der Waals surface area contributed by atoms with E-state index in [2.05, 4.69) is 4.98 Å². The minimum Gasteiger partial charge on any atom is -0.497 e. The minimum absolute atomic E-state index is 0.0769. The Hall–Kier alpha value is -3.53. The highest BCUT2D eigenvalue weighted by atomic mass is 19.4. The Labute approximate surface area is 152 Å². The molecule has 1 aromatic heterocycles.